The number of hydrogen-bond acceptors (Lipinski definition) is 2. The van der Waals surface area contributed by atoms with E-state index >= 15 is 0 Å². The summed E-state index contributed by atoms with van der Waals surface area (Å²) in [7, 11) is -1.50. The van der Waals surface area contributed by atoms with Crippen molar-refractivity contribution in [3.63, 3.8) is 0 Å². The minimum absolute atomic E-state index is 0.435. The van der Waals surface area contributed by atoms with Crippen molar-refractivity contribution < 1.29 is 4.21 Å². The van der Waals surface area contributed by atoms with Crippen molar-refractivity contribution in [2.75, 3.05) is 5.32 Å². The highest BCUT2D eigenvalue weighted by molar-refractivity contribution is 9.10. The zero-order chi connectivity index (χ0) is 22.4. The summed E-state index contributed by atoms with van der Waals surface area (Å²) < 4.78 is 13.7. The fourth-order valence-corrected chi connectivity index (χ4v) is 5.74. The molecule has 0 aliphatic carbocycles. The molecular weight excluding hydrogens is 513 g/mol. The van der Waals surface area contributed by atoms with E-state index in [0.29, 0.717) is 22.8 Å². The Morgan fingerprint density at radius 1 is 1.06 bits per heavy atom. The van der Waals surface area contributed by atoms with E-state index in [4.69, 9.17) is 23.2 Å². The highest BCUT2D eigenvalue weighted by Crippen LogP contribution is 2.44. The number of benzene rings is 3. The van der Waals surface area contributed by atoms with E-state index in [9.17, 15) is 4.21 Å². The number of allylic oxidation sites excluding steroid dienone is 1. The second-order valence-electron chi connectivity index (χ2n) is 7.33. The van der Waals surface area contributed by atoms with Crippen LogP contribution >= 0.6 is 39.1 Å². The van der Waals surface area contributed by atoms with E-state index in [-0.39, 0.29) is 0 Å². The number of nitrogens with one attached hydrogen (secondary N) is 1. The van der Waals surface area contributed by atoms with Crippen molar-refractivity contribution in [1.29, 1.82) is 0 Å². The van der Waals surface area contributed by atoms with Gasteiger partial charge in [0.15, 0.2) is 0 Å². The van der Waals surface area contributed by atoms with Crippen molar-refractivity contribution in [2.24, 2.45) is 0 Å². The second-order valence-corrected chi connectivity index (χ2v) is 11.3. The molecule has 3 rings (SSSR count). The van der Waals surface area contributed by atoms with Crippen LogP contribution in [0.25, 0.3) is 0 Å². The van der Waals surface area contributed by atoms with Gasteiger partial charge in [-0.05, 0) is 73.9 Å². The Kier molecular flexibility index (Phi) is 8.40. The Balaban J connectivity index is 2.09. The maximum absolute atomic E-state index is 13.9. The average molecular weight is 537 g/mol. The van der Waals surface area contributed by atoms with Crippen LogP contribution in [-0.2, 0) is 10.8 Å². The van der Waals surface area contributed by atoms with Gasteiger partial charge in [0, 0.05) is 20.1 Å². The summed E-state index contributed by atoms with van der Waals surface area (Å²) in [4.78, 5) is 0.696. The third kappa shape index (κ3) is 6.01. The van der Waals surface area contributed by atoms with Gasteiger partial charge in [-0.3, -0.25) is 4.21 Å². The van der Waals surface area contributed by atoms with E-state index in [0.717, 1.165) is 21.3 Å². The van der Waals surface area contributed by atoms with Crippen LogP contribution in [0.1, 0.15) is 30.0 Å². The number of halogens is 3. The predicted octanol–water partition coefficient (Wildman–Crippen LogP) is 8.27. The molecule has 0 bridgehead atoms. The third-order valence-electron chi connectivity index (χ3n) is 5.02. The monoisotopic (exact) mass is 535 g/mol. The highest BCUT2D eigenvalue weighted by Gasteiger charge is 2.44. The van der Waals surface area contributed by atoms with E-state index in [1.165, 1.54) is 0 Å². The summed E-state index contributed by atoms with van der Waals surface area (Å²) in [6, 6.07) is 22.6. The Hall–Kier alpha value is -1.59. The lowest BCUT2D eigenvalue weighted by molar-refractivity contribution is 0.581. The van der Waals surface area contributed by atoms with Gasteiger partial charge in [0.2, 0.25) is 0 Å². The third-order valence-corrected chi connectivity index (χ3v) is 8.39. The van der Waals surface area contributed by atoms with Crippen LogP contribution in [0.2, 0.25) is 5.02 Å². The molecule has 0 amide bonds. The molecule has 1 N–H and O–H groups in total. The van der Waals surface area contributed by atoms with Gasteiger partial charge >= 0.3 is 0 Å². The van der Waals surface area contributed by atoms with Crippen LogP contribution in [0, 0.1) is 6.92 Å². The molecule has 0 aliphatic rings. The van der Waals surface area contributed by atoms with Gasteiger partial charge in [0.05, 0.1) is 16.8 Å². The van der Waals surface area contributed by atoms with Crippen LogP contribution in [0.4, 0.5) is 5.69 Å². The number of anilines is 1. The standard InChI is InChI=1S/C25H24BrCl2NOS/c1-3-4-17-25(28,31(30)23-15-5-18(2)6-16-23)24(19-7-11-21(27)12-8-19)29-22-13-9-20(26)10-14-22/h3,5-16,24,29H,1,4,17H2,2H3/t24-,25+,31-/m1/s1. The van der Waals surface area contributed by atoms with Gasteiger partial charge in [-0.25, -0.2) is 0 Å². The molecule has 0 spiro atoms. The molecule has 3 aromatic rings. The molecule has 2 nitrogen and oxygen atoms in total. The molecule has 3 atom stereocenters. The minimum Gasteiger partial charge on any atom is -0.375 e. The van der Waals surface area contributed by atoms with Gasteiger partial charge in [-0.2, -0.15) is 0 Å². The zero-order valence-electron chi connectivity index (χ0n) is 17.2. The summed E-state index contributed by atoms with van der Waals surface area (Å²) in [6.45, 7) is 5.85. The normalized spacial score (nSPS) is 15.0. The molecule has 31 heavy (non-hydrogen) atoms. The molecule has 0 saturated carbocycles. The number of aryl methyl sites for hydroxylation is 1. The van der Waals surface area contributed by atoms with Gasteiger partial charge in [-0.1, -0.05) is 63.4 Å². The smallest absolute Gasteiger partial charge is 0.148 e. The van der Waals surface area contributed by atoms with Gasteiger partial charge in [-0.15, -0.1) is 18.2 Å². The van der Waals surface area contributed by atoms with E-state index in [1.54, 1.807) is 0 Å². The molecule has 162 valence electrons. The first kappa shape index (κ1) is 24.1. The fourth-order valence-electron chi connectivity index (χ4n) is 3.31. The quantitative estimate of drug-likeness (QED) is 0.220. The van der Waals surface area contributed by atoms with Crippen LogP contribution in [-0.4, -0.2) is 8.42 Å². The summed E-state index contributed by atoms with van der Waals surface area (Å²) in [5.74, 6) is 0. The summed E-state index contributed by atoms with van der Waals surface area (Å²) in [6.07, 6.45) is 2.92. The molecule has 6 heteroatoms. The molecule has 0 radical (unpaired) electrons. The van der Waals surface area contributed by atoms with E-state index in [2.05, 4.69) is 27.8 Å². The van der Waals surface area contributed by atoms with Gasteiger partial charge in [0.25, 0.3) is 0 Å². The van der Waals surface area contributed by atoms with Crippen molar-refractivity contribution in [1.82, 2.24) is 0 Å². The topological polar surface area (TPSA) is 29.1 Å². The number of hydrogen-bond donors (Lipinski definition) is 1. The average Bonchev–Trinajstić information content (AvgIpc) is 2.78. The Labute approximate surface area is 205 Å². The number of rotatable bonds is 9. The minimum atomic E-state index is -1.50. The lowest BCUT2D eigenvalue weighted by atomic mass is 9.99. The molecule has 0 aromatic heterocycles. The second kappa shape index (κ2) is 10.8. The lowest BCUT2D eigenvalue weighted by Gasteiger charge is -2.36. The molecule has 0 saturated heterocycles. The Morgan fingerprint density at radius 2 is 1.68 bits per heavy atom. The largest absolute Gasteiger partial charge is 0.375 e. The summed E-state index contributed by atoms with van der Waals surface area (Å²) in [5.41, 5.74) is 2.90. The first-order valence-corrected chi connectivity index (χ1v) is 12.6. The van der Waals surface area contributed by atoms with Crippen LogP contribution in [0.5, 0.6) is 0 Å². The van der Waals surface area contributed by atoms with Crippen molar-refractivity contribution in [3.8, 4) is 0 Å². The van der Waals surface area contributed by atoms with Gasteiger partial charge < -0.3 is 5.32 Å². The fraction of sp³-hybridized carbons (Fsp3) is 0.200. The molecule has 3 aromatic carbocycles. The highest BCUT2D eigenvalue weighted by atomic mass is 79.9. The molecule has 0 heterocycles. The van der Waals surface area contributed by atoms with E-state index < -0.39 is 21.0 Å². The first-order chi connectivity index (χ1) is 14.8. The number of alkyl halides is 1. The molecule has 0 aliphatic heterocycles. The van der Waals surface area contributed by atoms with Crippen molar-refractivity contribution in [2.45, 2.75) is 34.9 Å². The van der Waals surface area contributed by atoms with Gasteiger partial charge in [0.1, 0.15) is 4.21 Å². The Morgan fingerprint density at radius 3 is 2.26 bits per heavy atom. The van der Waals surface area contributed by atoms with Crippen LogP contribution < -0.4 is 5.32 Å². The molecule has 0 unspecified atom stereocenters. The SMILES string of the molecule is C=CCC[C@@](Cl)([C@H](Nc1ccc(Br)cc1)c1ccc(Cl)cc1)[S@](=O)c1ccc(C)cc1. The van der Waals surface area contributed by atoms with Crippen molar-refractivity contribution in [3.05, 3.63) is 106 Å². The Bertz CT molecular complexity index is 1040. The van der Waals surface area contributed by atoms with Crippen LogP contribution in [0.3, 0.4) is 0 Å². The zero-order valence-corrected chi connectivity index (χ0v) is 21.1. The summed E-state index contributed by atoms with van der Waals surface area (Å²) in [5, 5.41) is 4.17. The lowest BCUT2D eigenvalue weighted by Crippen LogP contribution is -2.39. The summed E-state index contributed by atoms with van der Waals surface area (Å²) >= 11 is 16.9. The first-order valence-electron chi connectivity index (χ1n) is 9.89. The molecular formula is C25H24BrCl2NOS. The van der Waals surface area contributed by atoms with E-state index in [1.807, 2.05) is 85.8 Å². The maximum Gasteiger partial charge on any atom is 0.148 e. The predicted molar refractivity (Wildman–Crippen MR) is 138 cm³/mol. The van der Waals surface area contributed by atoms with Crippen molar-refractivity contribution >= 4 is 55.6 Å². The maximum atomic E-state index is 13.9. The molecule has 0 fully saturated rings. The van der Waals surface area contributed by atoms with Crippen LogP contribution in [0.15, 0.2) is 94.8 Å².